The number of ether oxygens (including phenoxy) is 1. The third-order valence-electron chi connectivity index (χ3n) is 2.61. The molecule has 2 rings (SSSR count). The molecule has 1 aliphatic rings. The molecule has 84 valence electrons. The Hall–Kier alpha value is -1.45. The fraction of sp³-hybridized carbons (Fsp3) is 0.300. The maximum atomic E-state index is 11.1. The fourth-order valence-electron chi connectivity index (χ4n) is 1.70. The molecule has 6 heteroatoms. The predicted molar refractivity (Wildman–Crippen MR) is 53.4 cm³/mol. The summed E-state index contributed by atoms with van der Waals surface area (Å²) in [5, 5.41) is 6.87. The third-order valence-corrected chi connectivity index (χ3v) is 3.71. The van der Waals surface area contributed by atoms with Gasteiger partial charge in [0.25, 0.3) is 0 Å². The van der Waals surface area contributed by atoms with Crippen molar-refractivity contribution in [2.24, 2.45) is 0 Å². The molecule has 2 atom stereocenters. The van der Waals surface area contributed by atoms with Crippen LogP contribution in [0.2, 0.25) is 0 Å². The normalized spacial score (nSPS) is 24.2. The van der Waals surface area contributed by atoms with E-state index in [9.17, 15) is 14.3 Å². The molecule has 0 spiro atoms. The molecule has 0 aromatic heterocycles. The molecule has 5 nitrogen and oxygen atoms in total. The lowest BCUT2D eigenvalue weighted by molar-refractivity contribution is -0.184. The molecule has 1 N–H and O–H groups in total. The molecule has 1 aliphatic heterocycles. The SMILES string of the molecule is O=C(O)C1([P+](=O)[O-])CCc2ccccc2O1. The van der Waals surface area contributed by atoms with Crippen LogP contribution in [0.1, 0.15) is 12.0 Å². The lowest BCUT2D eigenvalue weighted by Gasteiger charge is -2.27. The molecule has 16 heavy (non-hydrogen) atoms. The number of rotatable bonds is 2. The van der Waals surface area contributed by atoms with E-state index in [1.165, 1.54) is 0 Å². The van der Waals surface area contributed by atoms with Crippen molar-refractivity contribution in [1.82, 2.24) is 0 Å². The Kier molecular flexibility index (Phi) is 2.66. The zero-order chi connectivity index (χ0) is 11.8. The molecule has 0 bridgehead atoms. The van der Waals surface area contributed by atoms with Crippen LogP contribution in [0.25, 0.3) is 0 Å². The largest absolute Gasteiger partial charge is 0.592 e. The average Bonchev–Trinajstić information content (AvgIpc) is 2.27. The Morgan fingerprint density at radius 3 is 2.81 bits per heavy atom. The quantitative estimate of drug-likeness (QED) is 0.776. The van der Waals surface area contributed by atoms with Crippen LogP contribution < -0.4 is 9.63 Å². The van der Waals surface area contributed by atoms with Crippen LogP contribution in [0.5, 0.6) is 5.75 Å². The van der Waals surface area contributed by atoms with E-state index in [1.807, 2.05) is 0 Å². The maximum absolute atomic E-state index is 11.1. The number of para-hydroxylation sites is 1. The van der Waals surface area contributed by atoms with Crippen LogP contribution in [-0.4, -0.2) is 16.4 Å². The first-order chi connectivity index (χ1) is 7.56. The van der Waals surface area contributed by atoms with Crippen LogP contribution in [-0.2, 0) is 15.8 Å². The van der Waals surface area contributed by atoms with Crippen molar-refractivity contribution in [3.63, 3.8) is 0 Å². The molecule has 0 amide bonds. The number of carboxylic acids is 1. The molecular weight excluding hydrogens is 231 g/mol. The van der Waals surface area contributed by atoms with Crippen molar-refractivity contribution in [3.8, 4) is 5.75 Å². The highest BCUT2D eigenvalue weighted by molar-refractivity contribution is 7.39. The van der Waals surface area contributed by atoms with Crippen molar-refractivity contribution in [3.05, 3.63) is 29.8 Å². The lowest BCUT2D eigenvalue weighted by Crippen LogP contribution is -2.45. The molecule has 1 aromatic carbocycles. The molecule has 1 aromatic rings. The van der Waals surface area contributed by atoms with Gasteiger partial charge in [-0.2, -0.15) is 0 Å². The molecule has 2 unspecified atom stereocenters. The Balaban J connectivity index is 2.43. The standard InChI is InChI=1S/C10H9O5P/c11-9(12)10(16(13)14)6-5-7-3-1-2-4-8(7)15-10/h1-4H,5-6H2,(H,11,12). The average molecular weight is 240 g/mol. The van der Waals surface area contributed by atoms with Crippen molar-refractivity contribution < 1.29 is 24.1 Å². The number of benzene rings is 1. The Morgan fingerprint density at radius 2 is 2.19 bits per heavy atom. The highest BCUT2D eigenvalue weighted by Gasteiger charge is 2.56. The lowest BCUT2D eigenvalue weighted by atomic mass is 10.0. The van der Waals surface area contributed by atoms with Crippen molar-refractivity contribution in [2.75, 3.05) is 0 Å². The smallest absolute Gasteiger partial charge is 0.400 e. The summed E-state index contributed by atoms with van der Waals surface area (Å²) in [5.74, 6) is -1.13. The number of carboxylic acid groups (broad SMARTS) is 1. The Morgan fingerprint density at radius 1 is 1.50 bits per heavy atom. The van der Waals surface area contributed by atoms with E-state index in [2.05, 4.69) is 0 Å². The van der Waals surface area contributed by atoms with Gasteiger partial charge in [0, 0.05) is 0 Å². The monoisotopic (exact) mass is 240 g/mol. The maximum Gasteiger partial charge on any atom is 0.400 e. The van der Waals surface area contributed by atoms with Crippen LogP contribution in [0, 0.1) is 0 Å². The van der Waals surface area contributed by atoms with Gasteiger partial charge < -0.3 is 14.7 Å². The van der Waals surface area contributed by atoms with Crippen LogP contribution in [0.15, 0.2) is 24.3 Å². The van der Waals surface area contributed by atoms with Gasteiger partial charge in [0.2, 0.25) is 0 Å². The molecule has 1 heterocycles. The molecule has 0 saturated heterocycles. The molecule has 0 fully saturated rings. The highest BCUT2D eigenvalue weighted by Crippen LogP contribution is 2.43. The number of fused-ring (bicyclic) bond motifs is 1. The number of aliphatic carboxylic acids is 1. The predicted octanol–water partition coefficient (Wildman–Crippen LogP) is 0.895. The van der Waals surface area contributed by atoms with E-state index < -0.39 is 19.3 Å². The minimum Gasteiger partial charge on any atom is -0.592 e. The zero-order valence-electron chi connectivity index (χ0n) is 8.25. The number of carbonyl (C=O) groups is 1. The number of hydrogen-bond acceptors (Lipinski definition) is 4. The summed E-state index contributed by atoms with van der Waals surface area (Å²) < 4.78 is 16.2. The van der Waals surface area contributed by atoms with Crippen molar-refractivity contribution in [2.45, 2.75) is 18.2 Å². The van der Waals surface area contributed by atoms with Gasteiger partial charge in [-0.15, -0.1) is 0 Å². The van der Waals surface area contributed by atoms with Gasteiger partial charge in [0.1, 0.15) is 5.75 Å². The first-order valence-electron chi connectivity index (χ1n) is 4.71. The summed E-state index contributed by atoms with van der Waals surface area (Å²) in [6, 6.07) is 6.84. The van der Waals surface area contributed by atoms with Crippen LogP contribution in [0.3, 0.4) is 0 Å². The van der Waals surface area contributed by atoms with Gasteiger partial charge in [0.15, 0.2) is 0 Å². The summed E-state index contributed by atoms with van der Waals surface area (Å²) in [7, 11) is -3.19. The second kappa shape index (κ2) is 3.85. The summed E-state index contributed by atoms with van der Waals surface area (Å²) in [4.78, 5) is 22.1. The van der Waals surface area contributed by atoms with Gasteiger partial charge in [-0.1, -0.05) is 22.8 Å². The third kappa shape index (κ3) is 1.58. The fourth-order valence-corrected chi connectivity index (χ4v) is 2.33. The minimum atomic E-state index is -3.19. The number of aryl methyl sites for hydroxylation is 1. The molecule has 0 aliphatic carbocycles. The van der Waals surface area contributed by atoms with E-state index in [1.54, 1.807) is 24.3 Å². The van der Waals surface area contributed by atoms with Gasteiger partial charge in [-0.25, -0.2) is 4.79 Å². The molecular formula is C10H9O5P. The first-order valence-corrected chi connectivity index (χ1v) is 5.89. The van der Waals surface area contributed by atoms with Crippen molar-refractivity contribution in [1.29, 1.82) is 0 Å². The van der Waals surface area contributed by atoms with Gasteiger partial charge in [-0.05, 0) is 18.1 Å². The van der Waals surface area contributed by atoms with Crippen LogP contribution in [0.4, 0.5) is 0 Å². The first kappa shape index (κ1) is 11.0. The van der Waals surface area contributed by atoms with Gasteiger partial charge in [-0.3, -0.25) is 0 Å². The topological polar surface area (TPSA) is 86.7 Å². The summed E-state index contributed by atoms with van der Waals surface area (Å²) in [5.41, 5.74) is 0.830. The van der Waals surface area contributed by atoms with E-state index in [0.29, 0.717) is 12.2 Å². The minimum absolute atomic E-state index is 0.0575. The van der Waals surface area contributed by atoms with E-state index >= 15 is 0 Å². The summed E-state index contributed by atoms with van der Waals surface area (Å²) in [6.07, 6.45) is 0.323. The highest BCUT2D eigenvalue weighted by atomic mass is 31.1. The molecule has 0 saturated carbocycles. The van der Waals surface area contributed by atoms with Crippen LogP contribution >= 0.6 is 8.03 Å². The second-order valence-electron chi connectivity index (χ2n) is 3.56. The number of hydrogen-bond donors (Lipinski definition) is 1. The van der Waals surface area contributed by atoms with Crippen molar-refractivity contribution >= 4 is 14.0 Å². The van der Waals surface area contributed by atoms with Gasteiger partial charge >= 0.3 is 19.3 Å². The van der Waals surface area contributed by atoms with E-state index in [0.717, 1.165) is 5.56 Å². The van der Waals surface area contributed by atoms with E-state index in [-0.39, 0.29) is 6.42 Å². The zero-order valence-corrected chi connectivity index (χ0v) is 9.15. The second-order valence-corrected chi connectivity index (χ2v) is 4.79. The Bertz CT molecular complexity index is 442. The van der Waals surface area contributed by atoms with E-state index in [4.69, 9.17) is 9.84 Å². The summed E-state index contributed by atoms with van der Waals surface area (Å²) >= 11 is 0. The molecule has 0 radical (unpaired) electrons. The Labute approximate surface area is 92.5 Å². The summed E-state index contributed by atoms with van der Waals surface area (Å²) in [6.45, 7) is 0. The van der Waals surface area contributed by atoms with Gasteiger partial charge in [0.05, 0.1) is 6.42 Å².